The van der Waals surface area contributed by atoms with Crippen molar-refractivity contribution in [3.63, 3.8) is 0 Å². The van der Waals surface area contributed by atoms with Crippen LogP contribution in [0.25, 0.3) is 0 Å². The van der Waals surface area contributed by atoms with Gasteiger partial charge in [-0.2, -0.15) is 0 Å². The molecule has 1 rings (SSSR count). The Balaban J connectivity index is 2.95. The average Bonchev–Trinajstić information content (AvgIpc) is 2.03. The number of halogens is 1. The summed E-state index contributed by atoms with van der Waals surface area (Å²) in [5, 5.41) is 0.490. The number of carbonyl (C=O) groups excluding carboxylic acids is 1. The first kappa shape index (κ1) is 9.16. The molecule has 0 saturated carbocycles. The molecule has 3 nitrogen and oxygen atoms in total. The molecule has 1 aromatic rings. The molecule has 2 N–H and O–H groups in total. The molecule has 0 spiro atoms. The third-order valence-electron chi connectivity index (χ3n) is 1.52. The summed E-state index contributed by atoms with van der Waals surface area (Å²) in [5.74, 6) is -0.0981. The molecule has 0 radical (unpaired) electrons. The second kappa shape index (κ2) is 3.65. The van der Waals surface area contributed by atoms with E-state index in [1.54, 1.807) is 6.07 Å². The van der Waals surface area contributed by atoms with Crippen molar-refractivity contribution in [2.75, 3.05) is 0 Å². The number of rotatable bonds is 2. The number of Topliss-reactive ketones (excluding diaryl/α,β-unsaturated/α-hetero) is 1. The number of ketones is 1. The van der Waals surface area contributed by atoms with E-state index in [0.29, 0.717) is 10.6 Å². The molecule has 0 fully saturated rings. The van der Waals surface area contributed by atoms with E-state index in [9.17, 15) is 4.79 Å². The molecule has 0 aromatic carbocycles. The predicted octanol–water partition coefficient (Wildman–Crippen LogP) is 1.32. The van der Waals surface area contributed by atoms with E-state index in [-0.39, 0.29) is 5.78 Å². The van der Waals surface area contributed by atoms with Gasteiger partial charge in [-0.15, -0.1) is 0 Å². The molecular weight excluding hydrogens is 176 g/mol. The Morgan fingerprint density at radius 1 is 1.67 bits per heavy atom. The van der Waals surface area contributed by atoms with E-state index in [2.05, 4.69) is 4.98 Å². The summed E-state index contributed by atoms with van der Waals surface area (Å²) in [4.78, 5) is 14.7. The third-order valence-corrected chi connectivity index (χ3v) is 1.73. The van der Waals surface area contributed by atoms with Gasteiger partial charge in [-0.05, 0) is 18.6 Å². The Hall–Kier alpha value is -0.930. The highest BCUT2D eigenvalue weighted by Gasteiger charge is 2.10. The van der Waals surface area contributed by atoms with Gasteiger partial charge in [0.05, 0.1) is 11.1 Å². The van der Waals surface area contributed by atoms with Crippen LogP contribution in [0.5, 0.6) is 0 Å². The van der Waals surface area contributed by atoms with Gasteiger partial charge >= 0.3 is 0 Å². The topological polar surface area (TPSA) is 56.0 Å². The summed E-state index contributed by atoms with van der Waals surface area (Å²) in [5.41, 5.74) is 6.21. The lowest BCUT2D eigenvalue weighted by Gasteiger charge is -2.06. The fourth-order valence-corrected chi connectivity index (χ4v) is 1.02. The van der Waals surface area contributed by atoms with Crippen LogP contribution < -0.4 is 5.73 Å². The van der Waals surface area contributed by atoms with Crippen molar-refractivity contribution in [3.05, 3.63) is 29.0 Å². The van der Waals surface area contributed by atoms with Crippen LogP contribution in [0.4, 0.5) is 0 Å². The van der Waals surface area contributed by atoms with Crippen LogP contribution in [0.2, 0.25) is 5.02 Å². The Morgan fingerprint density at radius 3 is 2.83 bits per heavy atom. The molecule has 4 heteroatoms. The second-order valence-electron chi connectivity index (χ2n) is 2.52. The Bertz CT molecular complexity index is 301. The van der Waals surface area contributed by atoms with Gasteiger partial charge in [0.1, 0.15) is 0 Å². The minimum Gasteiger partial charge on any atom is -0.318 e. The van der Waals surface area contributed by atoms with Crippen molar-refractivity contribution in [1.82, 2.24) is 4.98 Å². The lowest BCUT2D eigenvalue weighted by Crippen LogP contribution is -2.18. The summed E-state index contributed by atoms with van der Waals surface area (Å²) in [6, 6.07) is 1.02. The smallest absolute Gasteiger partial charge is 0.151 e. The van der Waals surface area contributed by atoms with Gasteiger partial charge in [-0.25, -0.2) is 0 Å². The first-order valence-corrected chi connectivity index (χ1v) is 3.85. The van der Waals surface area contributed by atoms with Gasteiger partial charge in [0.15, 0.2) is 5.78 Å². The molecule has 64 valence electrons. The third kappa shape index (κ3) is 2.03. The molecule has 0 saturated heterocycles. The van der Waals surface area contributed by atoms with Crippen molar-refractivity contribution >= 4 is 17.4 Å². The first-order valence-electron chi connectivity index (χ1n) is 3.47. The minimum atomic E-state index is -0.615. The van der Waals surface area contributed by atoms with E-state index in [1.165, 1.54) is 19.3 Å². The van der Waals surface area contributed by atoms with Crippen molar-refractivity contribution in [3.8, 4) is 0 Å². The van der Waals surface area contributed by atoms with E-state index >= 15 is 0 Å². The molecule has 0 aliphatic carbocycles. The number of hydrogen-bond acceptors (Lipinski definition) is 3. The number of nitrogens with zero attached hydrogens (tertiary/aromatic N) is 1. The van der Waals surface area contributed by atoms with Crippen LogP contribution in [0.1, 0.15) is 18.5 Å². The van der Waals surface area contributed by atoms with Crippen LogP contribution in [-0.2, 0) is 4.79 Å². The summed E-state index contributed by atoms with van der Waals surface area (Å²) >= 11 is 5.66. The Kier molecular flexibility index (Phi) is 2.78. The molecular formula is C8H9ClN2O. The molecule has 0 aliphatic heterocycles. The number of carbonyl (C=O) groups is 1. The highest BCUT2D eigenvalue weighted by Crippen LogP contribution is 2.14. The van der Waals surface area contributed by atoms with E-state index in [1.807, 2.05) is 0 Å². The molecule has 0 amide bonds. The zero-order chi connectivity index (χ0) is 9.14. The number of hydrogen-bond donors (Lipinski definition) is 1. The molecule has 0 bridgehead atoms. The molecule has 1 aromatic heterocycles. The number of pyridine rings is 1. The zero-order valence-electron chi connectivity index (χ0n) is 6.62. The Labute approximate surface area is 75.6 Å². The lowest BCUT2D eigenvalue weighted by atomic mass is 10.1. The highest BCUT2D eigenvalue weighted by molar-refractivity contribution is 6.30. The summed E-state index contributed by atoms with van der Waals surface area (Å²) in [6.07, 6.45) is 3.04. The Morgan fingerprint density at radius 2 is 2.33 bits per heavy atom. The lowest BCUT2D eigenvalue weighted by molar-refractivity contribution is -0.118. The van der Waals surface area contributed by atoms with Crippen LogP contribution in [0.15, 0.2) is 18.5 Å². The largest absolute Gasteiger partial charge is 0.318 e. The normalized spacial score (nSPS) is 12.6. The molecule has 1 unspecified atom stereocenters. The molecule has 0 aliphatic rings. The summed E-state index contributed by atoms with van der Waals surface area (Å²) in [6.45, 7) is 1.44. The van der Waals surface area contributed by atoms with Crippen LogP contribution in [0.3, 0.4) is 0 Å². The fourth-order valence-electron chi connectivity index (χ4n) is 0.833. The van der Waals surface area contributed by atoms with Gasteiger partial charge < -0.3 is 5.73 Å². The standard InChI is InChI=1S/C8H9ClN2O/c1-5(12)8(10)6-2-7(9)4-11-3-6/h2-4,8H,10H2,1H3. The van der Waals surface area contributed by atoms with Crippen LogP contribution in [0, 0.1) is 0 Å². The maximum absolute atomic E-state index is 10.9. The molecule has 1 atom stereocenters. The number of nitrogens with two attached hydrogens (primary N) is 1. The van der Waals surface area contributed by atoms with Gasteiger partial charge in [-0.3, -0.25) is 9.78 Å². The van der Waals surface area contributed by atoms with Gasteiger partial charge in [0, 0.05) is 12.4 Å². The highest BCUT2D eigenvalue weighted by atomic mass is 35.5. The fraction of sp³-hybridized carbons (Fsp3) is 0.250. The predicted molar refractivity (Wildman–Crippen MR) is 46.9 cm³/mol. The van der Waals surface area contributed by atoms with Gasteiger partial charge in [-0.1, -0.05) is 11.6 Å². The van der Waals surface area contributed by atoms with Crippen molar-refractivity contribution < 1.29 is 4.79 Å². The molecule has 1 heterocycles. The van der Waals surface area contributed by atoms with E-state index in [0.717, 1.165) is 0 Å². The van der Waals surface area contributed by atoms with Crippen molar-refractivity contribution in [2.45, 2.75) is 13.0 Å². The maximum Gasteiger partial charge on any atom is 0.151 e. The monoisotopic (exact) mass is 184 g/mol. The second-order valence-corrected chi connectivity index (χ2v) is 2.96. The molecule has 12 heavy (non-hydrogen) atoms. The van der Waals surface area contributed by atoms with Crippen molar-refractivity contribution in [2.24, 2.45) is 5.73 Å². The van der Waals surface area contributed by atoms with Gasteiger partial charge in [0.2, 0.25) is 0 Å². The van der Waals surface area contributed by atoms with Gasteiger partial charge in [0.25, 0.3) is 0 Å². The summed E-state index contributed by atoms with van der Waals surface area (Å²) < 4.78 is 0. The van der Waals surface area contributed by atoms with E-state index in [4.69, 9.17) is 17.3 Å². The maximum atomic E-state index is 10.9. The average molecular weight is 185 g/mol. The van der Waals surface area contributed by atoms with Crippen LogP contribution >= 0.6 is 11.6 Å². The summed E-state index contributed by atoms with van der Waals surface area (Å²) in [7, 11) is 0. The van der Waals surface area contributed by atoms with Crippen LogP contribution in [-0.4, -0.2) is 10.8 Å². The van der Waals surface area contributed by atoms with E-state index < -0.39 is 6.04 Å². The quantitative estimate of drug-likeness (QED) is 0.755. The first-order chi connectivity index (χ1) is 5.61. The number of aromatic nitrogens is 1. The van der Waals surface area contributed by atoms with Crippen molar-refractivity contribution in [1.29, 1.82) is 0 Å². The SMILES string of the molecule is CC(=O)C(N)c1cncc(Cl)c1. The minimum absolute atomic E-state index is 0.0981. The zero-order valence-corrected chi connectivity index (χ0v) is 7.38.